The molecular formula is C25H28N6OS. The smallest absolute Gasteiger partial charge is 0.225 e. The summed E-state index contributed by atoms with van der Waals surface area (Å²) in [6, 6.07) is 12.4. The van der Waals surface area contributed by atoms with E-state index in [0.717, 1.165) is 62.8 Å². The third-order valence-electron chi connectivity index (χ3n) is 6.27. The second-order valence-electron chi connectivity index (χ2n) is 8.67. The summed E-state index contributed by atoms with van der Waals surface area (Å²) in [4.78, 5) is 19.0. The van der Waals surface area contributed by atoms with Gasteiger partial charge >= 0.3 is 0 Å². The second kappa shape index (κ2) is 9.41. The topological polar surface area (TPSA) is 95.9 Å². The Morgan fingerprint density at radius 3 is 2.73 bits per heavy atom. The lowest BCUT2D eigenvalue weighted by molar-refractivity contribution is 0.229. The van der Waals surface area contributed by atoms with Crippen LogP contribution < -0.4 is 10.6 Å². The van der Waals surface area contributed by atoms with Crippen molar-refractivity contribution in [2.24, 2.45) is 5.92 Å². The Hall–Kier alpha value is -3.10. The van der Waals surface area contributed by atoms with Crippen molar-refractivity contribution in [3.05, 3.63) is 59.5 Å². The molecule has 0 radical (unpaired) electrons. The number of hydrogen-bond acceptors (Lipinski definition) is 8. The van der Waals surface area contributed by atoms with Crippen LogP contribution in [0.2, 0.25) is 0 Å². The van der Waals surface area contributed by atoms with Crippen LogP contribution >= 0.6 is 11.3 Å². The van der Waals surface area contributed by atoms with E-state index in [1.165, 1.54) is 0 Å². The summed E-state index contributed by atoms with van der Waals surface area (Å²) < 4.78 is 1.15. The Kier molecular flexibility index (Phi) is 6.20. The van der Waals surface area contributed by atoms with Gasteiger partial charge in [0.15, 0.2) is 0 Å². The summed E-state index contributed by atoms with van der Waals surface area (Å²) >= 11 is 1.66. The molecule has 0 amide bonds. The highest BCUT2D eigenvalue weighted by Gasteiger charge is 2.26. The van der Waals surface area contributed by atoms with Gasteiger partial charge in [-0.25, -0.2) is 9.97 Å². The molecule has 1 saturated carbocycles. The first-order valence-corrected chi connectivity index (χ1v) is 12.2. The van der Waals surface area contributed by atoms with Gasteiger partial charge in [0.1, 0.15) is 10.8 Å². The van der Waals surface area contributed by atoms with E-state index >= 15 is 0 Å². The van der Waals surface area contributed by atoms with Crippen molar-refractivity contribution >= 4 is 33.3 Å². The molecule has 170 valence electrons. The van der Waals surface area contributed by atoms with Gasteiger partial charge in [-0.3, -0.25) is 4.98 Å². The van der Waals surface area contributed by atoms with Crippen LogP contribution in [-0.2, 0) is 6.54 Å². The van der Waals surface area contributed by atoms with Crippen molar-refractivity contribution in [3.63, 3.8) is 0 Å². The molecule has 1 aliphatic rings. The lowest BCUT2D eigenvalue weighted by Crippen LogP contribution is -2.19. The number of aryl methyl sites for hydroxylation is 2. The molecule has 1 aliphatic carbocycles. The number of aromatic nitrogens is 4. The number of nitrogens with zero attached hydrogens (tertiary/aromatic N) is 4. The number of nitrogens with one attached hydrogen (secondary N) is 2. The first kappa shape index (κ1) is 21.7. The van der Waals surface area contributed by atoms with Crippen molar-refractivity contribution < 1.29 is 5.11 Å². The summed E-state index contributed by atoms with van der Waals surface area (Å²) in [7, 11) is 0. The van der Waals surface area contributed by atoms with Gasteiger partial charge in [-0.1, -0.05) is 18.2 Å². The van der Waals surface area contributed by atoms with Gasteiger partial charge in [-0.05, 0) is 62.8 Å². The quantitative estimate of drug-likeness (QED) is 0.359. The molecule has 7 nitrogen and oxygen atoms in total. The maximum atomic E-state index is 9.57. The fraction of sp³-hybridized carbons (Fsp3) is 0.360. The predicted molar refractivity (Wildman–Crippen MR) is 134 cm³/mol. The van der Waals surface area contributed by atoms with E-state index in [-0.39, 0.29) is 12.6 Å². The summed E-state index contributed by atoms with van der Waals surface area (Å²) in [5, 5.41) is 17.5. The number of anilines is 2. The number of fused-ring (bicyclic) bond motifs is 1. The van der Waals surface area contributed by atoms with Gasteiger partial charge in [0.2, 0.25) is 5.95 Å². The number of para-hydroxylation sites is 1. The average molecular weight is 461 g/mol. The molecule has 0 saturated heterocycles. The highest BCUT2D eigenvalue weighted by Crippen LogP contribution is 2.37. The first-order valence-electron chi connectivity index (χ1n) is 11.4. The number of aliphatic hydroxyl groups is 1. The van der Waals surface area contributed by atoms with Gasteiger partial charge in [0, 0.05) is 18.8 Å². The zero-order valence-electron chi connectivity index (χ0n) is 18.9. The van der Waals surface area contributed by atoms with Gasteiger partial charge in [0.05, 0.1) is 33.7 Å². The monoisotopic (exact) mass is 460 g/mol. The molecule has 5 rings (SSSR count). The number of pyridine rings is 1. The van der Waals surface area contributed by atoms with E-state index in [0.29, 0.717) is 18.4 Å². The molecule has 0 spiro atoms. The molecule has 0 bridgehead atoms. The minimum Gasteiger partial charge on any atom is -0.396 e. The zero-order valence-corrected chi connectivity index (χ0v) is 19.7. The Balaban J connectivity index is 1.49. The molecule has 3 N–H and O–H groups in total. The second-order valence-corrected chi connectivity index (χ2v) is 9.70. The van der Waals surface area contributed by atoms with Crippen molar-refractivity contribution in [1.29, 1.82) is 0 Å². The third-order valence-corrected chi connectivity index (χ3v) is 7.32. The Bertz CT molecular complexity index is 1240. The molecule has 3 heterocycles. The number of thiazole rings is 1. The van der Waals surface area contributed by atoms with Gasteiger partial charge in [-0.15, -0.1) is 11.3 Å². The molecule has 3 aromatic heterocycles. The Morgan fingerprint density at radius 1 is 1.06 bits per heavy atom. The van der Waals surface area contributed by atoms with Crippen LogP contribution in [0.5, 0.6) is 0 Å². The van der Waals surface area contributed by atoms with E-state index in [4.69, 9.17) is 15.0 Å². The summed E-state index contributed by atoms with van der Waals surface area (Å²) in [5.74, 6) is 1.72. The SMILES string of the molecule is Cc1cccnc1CNc1nc(C)c(-c2nc3ccccc3s2)c(N[C@H]2CC[C@@H](CO)C2)n1. The minimum absolute atomic E-state index is 0.238. The molecule has 1 aromatic carbocycles. The van der Waals surface area contributed by atoms with Crippen LogP contribution in [-0.4, -0.2) is 37.7 Å². The van der Waals surface area contributed by atoms with E-state index in [2.05, 4.69) is 34.7 Å². The number of rotatable bonds is 7. The largest absolute Gasteiger partial charge is 0.396 e. The van der Waals surface area contributed by atoms with Crippen LogP contribution in [0.3, 0.4) is 0 Å². The predicted octanol–water partition coefficient (Wildman–Crippen LogP) is 4.95. The molecule has 4 aromatic rings. The van der Waals surface area contributed by atoms with Crippen molar-refractivity contribution in [3.8, 4) is 10.6 Å². The fourth-order valence-electron chi connectivity index (χ4n) is 4.42. The van der Waals surface area contributed by atoms with E-state index in [1.807, 2.05) is 31.2 Å². The third kappa shape index (κ3) is 4.67. The number of aliphatic hydroxyl groups excluding tert-OH is 1. The fourth-order valence-corrected chi connectivity index (χ4v) is 5.49. The van der Waals surface area contributed by atoms with Crippen LogP contribution in [0, 0.1) is 19.8 Å². The zero-order chi connectivity index (χ0) is 22.8. The molecule has 33 heavy (non-hydrogen) atoms. The lowest BCUT2D eigenvalue weighted by atomic mass is 10.1. The summed E-state index contributed by atoms with van der Waals surface area (Å²) in [6.45, 7) is 4.86. The molecule has 1 fully saturated rings. The van der Waals surface area contributed by atoms with E-state index in [1.54, 1.807) is 17.5 Å². The maximum Gasteiger partial charge on any atom is 0.225 e. The average Bonchev–Trinajstić information content (AvgIpc) is 3.45. The lowest BCUT2D eigenvalue weighted by Gasteiger charge is -2.18. The van der Waals surface area contributed by atoms with E-state index < -0.39 is 0 Å². The first-order chi connectivity index (χ1) is 16.1. The highest BCUT2D eigenvalue weighted by molar-refractivity contribution is 7.21. The van der Waals surface area contributed by atoms with Crippen LogP contribution in [0.4, 0.5) is 11.8 Å². The molecule has 8 heteroatoms. The van der Waals surface area contributed by atoms with Crippen LogP contribution in [0.1, 0.15) is 36.2 Å². The number of benzene rings is 1. The van der Waals surface area contributed by atoms with Gasteiger partial charge < -0.3 is 15.7 Å². The van der Waals surface area contributed by atoms with E-state index in [9.17, 15) is 5.11 Å². The van der Waals surface area contributed by atoms with Gasteiger partial charge in [-0.2, -0.15) is 4.98 Å². The molecular weight excluding hydrogens is 432 g/mol. The van der Waals surface area contributed by atoms with Crippen molar-refractivity contribution in [1.82, 2.24) is 19.9 Å². The molecule has 0 aliphatic heterocycles. The van der Waals surface area contributed by atoms with Gasteiger partial charge in [0.25, 0.3) is 0 Å². The minimum atomic E-state index is 0.238. The normalized spacial score (nSPS) is 18.0. The Morgan fingerprint density at radius 2 is 1.94 bits per heavy atom. The maximum absolute atomic E-state index is 9.57. The Labute approximate surface area is 197 Å². The summed E-state index contributed by atoms with van der Waals surface area (Å²) in [5.41, 5.74) is 4.92. The van der Waals surface area contributed by atoms with Crippen LogP contribution in [0.25, 0.3) is 20.8 Å². The molecule has 0 unspecified atom stereocenters. The summed E-state index contributed by atoms with van der Waals surface area (Å²) in [6.07, 6.45) is 4.79. The van der Waals surface area contributed by atoms with Crippen molar-refractivity contribution in [2.75, 3.05) is 17.2 Å². The standard InChI is InChI=1S/C25H28N6OS/c1-15-6-5-11-26-20(15)13-27-25-28-16(2)22(24-30-19-7-3-4-8-21(19)33-24)23(31-25)29-18-10-9-17(12-18)14-32/h3-8,11,17-18,32H,9-10,12-14H2,1-2H3,(H2,27,28,29,31)/t17-,18+/m1/s1. The molecule has 2 atom stereocenters. The highest BCUT2D eigenvalue weighted by atomic mass is 32.1. The van der Waals surface area contributed by atoms with Crippen molar-refractivity contribution in [2.45, 2.75) is 45.7 Å². The van der Waals surface area contributed by atoms with Crippen LogP contribution in [0.15, 0.2) is 42.6 Å². The number of hydrogen-bond donors (Lipinski definition) is 3.